The fraction of sp³-hybridized carbons (Fsp3) is 0.567. The van der Waals surface area contributed by atoms with Crippen LogP contribution in [-0.4, -0.2) is 81.5 Å². The highest BCUT2D eigenvalue weighted by atomic mass is 32.2. The highest BCUT2D eigenvalue weighted by molar-refractivity contribution is 8.00. The van der Waals surface area contributed by atoms with Crippen molar-refractivity contribution in [3.05, 3.63) is 52.7 Å². The van der Waals surface area contributed by atoms with Gasteiger partial charge in [-0.25, -0.2) is 4.79 Å². The maximum absolute atomic E-state index is 13.8. The molecule has 1 aromatic carbocycles. The van der Waals surface area contributed by atoms with Crippen LogP contribution in [0.25, 0.3) is 0 Å². The average molecular weight is 554 g/mol. The van der Waals surface area contributed by atoms with Crippen LogP contribution in [0.1, 0.15) is 61.9 Å². The smallest absolute Gasteiger partial charge is 0.320 e. The van der Waals surface area contributed by atoms with Gasteiger partial charge in [0.2, 0.25) is 5.91 Å². The predicted molar refractivity (Wildman–Crippen MR) is 156 cm³/mol. The maximum atomic E-state index is 13.8. The molecule has 3 amide bonds. The largest absolute Gasteiger partial charge is 0.496 e. The van der Waals surface area contributed by atoms with Crippen molar-refractivity contribution in [1.29, 1.82) is 0 Å². The second-order valence-electron chi connectivity index (χ2n) is 10.7. The lowest BCUT2D eigenvalue weighted by Crippen LogP contribution is -2.59. The van der Waals surface area contributed by atoms with Gasteiger partial charge in [-0.05, 0) is 44.7 Å². The predicted octanol–water partition coefficient (Wildman–Crippen LogP) is 5.00. The van der Waals surface area contributed by atoms with Gasteiger partial charge in [-0.1, -0.05) is 49.9 Å². The normalized spacial score (nSPS) is 20.2. The summed E-state index contributed by atoms with van der Waals surface area (Å²) in [7, 11) is 5.51. The molecular formula is C30H43N5O3S. The monoisotopic (exact) mass is 553 g/mol. The van der Waals surface area contributed by atoms with Gasteiger partial charge < -0.3 is 19.4 Å². The second-order valence-corrected chi connectivity index (χ2v) is 11.6. The van der Waals surface area contributed by atoms with Crippen molar-refractivity contribution in [3.63, 3.8) is 0 Å². The Bertz CT molecular complexity index is 1230. The molecule has 1 spiro atoms. The fourth-order valence-electron chi connectivity index (χ4n) is 6.17. The Morgan fingerprint density at radius 1 is 1.21 bits per heavy atom. The minimum absolute atomic E-state index is 0.0134. The number of aryl methyl sites for hydroxylation is 2. The Hall–Kier alpha value is -2.94. The van der Waals surface area contributed by atoms with Crippen LogP contribution in [-0.2, 0) is 24.8 Å². The number of nitrogens with zero attached hydrogens (tertiary/aromatic N) is 5. The number of urea groups is 1. The maximum Gasteiger partial charge on any atom is 0.320 e. The van der Waals surface area contributed by atoms with E-state index in [-0.39, 0.29) is 17.9 Å². The molecule has 2 aliphatic rings. The standard InChI is InChI=1S/C30H43N5O3S/c1-8-24-22(4)31-33(6)28(24)39-20-26(36)34-17-15-30(16-18-34)14-13-21(3)27-23(11-10-12-25(27)38-7)19-32(5)29(37)35(30)9-2/h10-14,21H,8-9,15-20H2,1-7H3/b14-13+. The zero-order valence-corrected chi connectivity index (χ0v) is 25.3. The van der Waals surface area contributed by atoms with Crippen LogP contribution in [0, 0.1) is 6.92 Å². The fourth-order valence-corrected chi connectivity index (χ4v) is 7.31. The zero-order valence-electron chi connectivity index (χ0n) is 24.5. The number of amides is 3. The lowest BCUT2D eigenvalue weighted by atomic mass is 9.82. The number of rotatable bonds is 6. The van der Waals surface area contributed by atoms with Crippen molar-refractivity contribution in [2.24, 2.45) is 7.05 Å². The summed E-state index contributed by atoms with van der Waals surface area (Å²) < 4.78 is 7.60. The first kappa shape index (κ1) is 29.1. The molecule has 2 aromatic rings. The number of benzene rings is 1. The van der Waals surface area contributed by atoms with E-state index in [9.17, 15) is 9.59 Å². The Morgan fingerprint density at radius 2 is 1.92 bits per heavy atom. The minimum Gasteiger partial charge on any atom is -0.496 e. The molecule has 1 unspecified atom stereocenters. The molecular weight excluding hydrogens is 510 g/mol. The second kappa shape index (κ2) is 12.1. The molecule has 0 saturated carbocycles. The summed E-state index contributed by atoms with van der Waals surface area (Å²) >= 11 is 1.57. The Balaban J connectivity index is 1.55. The van der Waals surface area contributed by atoms with Crippen LogP contribution in [0.3, 0.4) is 0 Å². The van der Waals surface area contributed by atoms with Crippen molar-refractivity contribution in [3.8, 4) is 5.75 Å². The van der Waals surface area contributed by atoms with Gasteiger partial charge in [0.1, 0.15) is 5.75 Å². The van der Waals surface area contributed by atoms with Crippen molar-refractivity contribution in [2.75, 3.05) is 39.5 Å². The molecule has 8 nitrogen and oxygen atoms in total. The molecule has 0 N–H and O–H groups in total. The van der Waals surface area contributed by atoms with Gasteiger partial charge in [-0.3, -0.25) is 9.48 Å². The Labute approximate surface area is 237 Å². The van der Waals surface area contributed by atoms with E-state index >= 15 is 0 Å². The van der Waals surface area contributed by atoms with E-state index in [0.717, 1.165) is 34.0 Å². The zero-order chi connectivity index (χ0) is 28.3. The van der Waals surface area contributed by atoms with Gasteiger partial charge in [0.25, 0.3) is 0 Å². The van der Waals surface area contributed by atoms with Crippen LogP contribution in [0.5, 0.6) is 5.75 Å². The lowest BCUT2D eigenvalue weighted by molar-refractivity contribution is -0.130. The number of methoxy groups -OCH3 is 1. The molecule has 0 aliphatic carbocycles. The summed E-state index contributed by atoms with van der Waals surface area (Å²) in [5, 5.41) is 5.61. The quantitative estimate of drug-likeness (QED) is 0.372. The number of aromatic nitrogens is 2. The third kappa shape index (κ3) is 5.69. The number of fused-ring (bicyclic) bond motifs is 1. The van der Waals surface area contributed by atoms with Gasteiger partial charge in [0.05, 0.1) is 29.1 Å². The molecule has 212 valence electrons. The number of hydrogen-bond donors (Lipinski definition) is 0. The SMILES string of the molecule is CCc1c(C)nn(C)c1SCC(=O)N1CCC2(/C=C/C(C)c3c(cccc3OC)CN(C)C(=O)N2CC)CC1. The molecule has 3 heterocycles. The molecule has 1 aromatic heterocycles. The third-order valence-corrected chi connectivity index (χ3v) is 9.48. The molecule has 1 fully saturated rings. The van der Waals surface area contributed by atoms with Crippen LogP contribution in [0.4, 0.5) is 4.79 Å². The highest BCUT2D eigenvalue weighted by Crippen LogP contribution is 2.37. The molecule has 0 bridgehead atoms. The number of hydrogen-bond acceptors (Lipinski definition) is 5. The summed E-state index contributed by atoms with van der Waals surface area (Å²) in [5.74, 6) is 1.50. The van der Waals surface area contributed by atoms with Gasteiger partial charge in [0, 0.05) is 57.3 Å². The molecule has 39 heavy (non-hydrogen) atoms. The van der Waals surface area contributed by atoms with E-state index in [1.807, 2.05) is 59.5 Å². The minimum atomic E-state index is -0.438. The number of piperidine rings is 1. The third-order valence-electron chi connectivity index (χ3n) is 8.30. The van der Waals surface area contributed by atoms with E-state index < -0.39 is 5.54 Å². The topological polar surface area (TPSA) is 70.9 Å². The first-order valence-corrected chi connectivity index (χ1v) is 14.9. The summed E-state index contributed by atoms with van der Waals surface area (Å²) in [6.45, 7) is 10.7. The van der Waals surface area contributed by atoms with Crippen molar-refractivity contribution < 1.29 is 14.3 Å². The van der Waals surface area contributed by atoms with Gasteiger partial charge in [-0.15, -0.1) is 0 Å². The first-order chi connectivity index (χ1) is 18.7. The van der Waals surface area contributed by atoms with E-state index in [2.05, 4.69) is 37.2 Å². The number of ether oxygens (including phenoxy) is 1. The Kier molecular flexibility index (Phi) is 8.99. The number of thioether (sulfide) groups is 1. The summed E-state index contributed by atoms with van der Waals surface area (Å²) in [4.78, 5) is 32.8. The van der Waals surface area contributed by atoms with Crippen LogP contribution < -0.4 is 4.74 Å². The summed E-state index contributed by atoms with van der Waals surface area (Å²) in [6, 6.07) is 6.07. The number of allylic oxidation sites excluding steroid dienone is 1. The number of carbonyl (C=O) groups is 2. The van der Waals surface area contributed by atoms with Gasteiger partial charge >= 0.3 is 6.03 Å². The number of likely N-dealkylation sites (tertiary alicyclic amines) is 1. The molecule has 1 saturated heterocycles. The van der Waals surface area contributed by atoms with E-state index in [4.69, 9.17) is 4.74 Å². The molecule has 9 heteroatoms. The van der Waals surface area contributed by atoms with Crippen molar-refractivity contribution >= 4 is 23.7 Å². The van der Waals surface area contributed by atoms with Crippen molar-refractivity contribution in [2.45, 2.75) is 70.0 Å². The van der Waals surface area contributed by atoms with Crippen LogP contribution in [0.15, 0.2) is 35.4 Å². The van der Waals surface area contributed by atoms with Crippen LogP contribution in [0.2, 0.25) is 0 Å². The van der Waals surface area contributed by atoms with Crippen LogP contribution >= 0.6 is 11.8 Å². The highest BCUT2D eigenvalue weighted by Gasteiger charge is 2.42. The number of carbonyl (C=O) groups excluding carboxylic acids is 2. The summed E-state index contributed by atoms with van der Waals surface area (Å²) in [6.07, 6.45) is 6.79. The molecule has 0 radical (unpaired) electrons. The average Bonchev–Trinajstić information content (AvgIpc) is 3.21. The van der Waals surface area contributed by atoms with Crippen molar-refractivity contribution in [1.82, 2.24) is 24.5 Å². The van der Waals surface area contributed by atoms with E-state index in [1.165, 1.54) is 5.56 Å². The number of likely N-dealkylation sites (N-methyl/N-ethyl adjacent to an activating group) is 1. The lowest BCUT2D eigenvalue weighted by Gasteiger charge is -2.48. The Morgan fingerprint density at radius 3 is 2.56 bits per heavy atom. The first-order valence-electron chi connectivity index (χ1n) is 14.0. The van der Waals surface area contributed by atoms with E-state index in [0.29, 0.717) is 44.8 Å². The molecule has 1 atom stereocenters. The van der Waals surface area contributed by atoms with Gasteiger partial charge in [-0.2, -0.15) is 5.10 Å². The summed E-state index contributed by atoms with van der Waals surface area (Å²) in [5.41, 5.74) is 4.03. The molecule has 4 rings (SSSR count). The molecule has 2 aliphatic heterocycles. The van der Waals surface area contributed by atoms with E-state index in [1.54, 1.807) is 18.9 Å². The van der Waals surface area contributed by atoms with Gasteiger partial charge in [0.15, 0.2) is 0 Å².